The van der Waals surface area contributed by atoms with Gasteiger partial charge in [0.15, 0.2) is 0 Å². The van der Waals surface area contributed by atoms with Gasteiger partial charge in [-0.15, -0.1) is 0 Å². The molecule has 2 rings (SSSR count). The van der Waals surface area contributed by atoms with E-state index in [4.69, 9.17) is 23.2 Å². The number of hydrogen-bond acceptors (Lipinski definition) is 4. The third-order valence-corrected chi connectivity index (χ3v) is 5.95. The minimum atomic E-state index is -3.96. The van der Waals surface area contributed by atoms with Crippen LogP contribution in [0.2, 0.25) is 10.0 Å². The third-order valence-electron chi connectivity index (χ3n) is 3.43. The zero-order chi connectivity index (χ0) is 19.3. The molecule has 0 spiro atoms. The Bertz CT molecular complexity index is 929. The van der Waals surface area contributed by atoms with Crippen molar-refractivity contribution in [3.63, 3.8) is 0 Å². The number of nitrogens with zero attached hydrogens (tertiary/aromatic N) is 2. The van der Waals surface area contributed by atoms with Crippen LogP contribution in [0, 0.1) is 6.92 Å². The summed E-state index contributed by atoms with van der Waals surface area (Å²) in [7, 11) is -2.69. The molecule has 26 heavy (non-hydrogen) atoms. The lowest BCUT2D eigenvalue weighted by Crippen LogP contribution is -2.36. The molecule has 0 aliphatic heterocycles. The Balaban J connectivity index is 2.01. The smallest absolute Gasteiger partial charge is 0.255 e. The normalized spacial score (nSPS) is 11.9. The van der Waals surface area contributed by atoms with E-state index in [1.165, 1.54) is 31.5 Å². The molecule has 0 saturated heterocycles. The van der Waals surface area contributed by atoms with Crippen molar-refractivity contribution in [1.82, 2.24) is 9.73 Å². The van der Waals surface area contributed by atoms with Gasteiger partial charge >= 0.3 is 0 Å². The Morgan fingerprint density at radius 1 is 1.19 bits per heavy atom. The standard InChI is InChI=1S/C17H17Cl2N3O3S/c1-12-3-5-13(6-4-12)10-20-21-17(23)11-22(2)26(24,25)16-9-14(18)7-8-15(16)19/h3-10H,11H2,1-2H3,(H,21,23)/b20-10-. The molecule has 0 heterocycles. The maximum Gasteiger partial charge on any atom is 0.255 e. The number of carbonyl (C=O) groups excluding carboxylic acids is 1. The maximum absolute atomic E-state index is 12.5. The Labute approximate surface area is 162 Å². The van der Waals surface area contributed by atoms with E-state index in [2.05, 4.69) is 10.5 Å². The number of likely N-dealkylation sites (N-methyl/N-ethyl adjacent to an activating group) is 1. The van der Waals surface area contributed by atoms with Crippen LogP contribution in [0.3, 0.4) is 0 Å². The molecule has 2 aromatic rings. The first-order valence-corrected chi connectivity index (χ1v) is 9.69. The second-order valence-corrected chi connectivity index (χ2v) is 8.40. The molecule has 1 amide bonds. The fourth-order valence-electron chi connectivity index (χ4n) is 2.00. The van der Waals surface area contributed by atoms with E-state index in [0.29, 0.717) is 0 Å². The van der Waals surface area contributed by atoms with Crippen molar-refractivity contribution in [2.45, 2.75) is 11.8 Å². The lowest BCUT2D eigenvalue weighted by molar-refractivity contribution is -0.121. The summed E-state index contributed by atoms with van der Waals surface area (Å²) in [6.07, 6.45) is 1.47. The first kappa shape index (κ1) is 20.4. The first-order chi connectivity index (χ1) is 12.2. The lowest BCUT2D eigenvalue weighted by atomic mass is 10.2. The summed E-state index contributed by atoms with van der Waals surface area (Å²) in [5.41, 5.74) is 4.21. The number of rotatable bonds is 6. The van der Waals surface area contributed by atoms with E-state index in [9.17, 15) is 13.2 Å². The van der Waals surface area contributed by atoms with Crippen LogP contribution in [0.25, 0.3) is 0 Å². The molecule has 0 aliphatic carbocycles. The van der Waals surface area contributed by atoms with Crippen molar-refractivity contribution in [1.29, 1.82) is 0 Å². The number of aryl methyl sites for hydroxylation is 1. The van der Waals surface area contributed by atoms with Crippen LogP contribution in [0.1, 0.15) is 11.1 Å². The summed E-state index contributed by atoms with van der Waals surface area (Å²) in [5, 5.41) is 4.07. The quantitative estimate of drug-likeness (QED) is 0.583. The molecular formula is C17H17Cl2N3O3S. The van der Waals surface area contributed by atoms with E-state index in [1.54, 1.807) is 0 Å². The van der Waals surface area contributed by atoms with Crippen molar-refractivity contribution in [3.05, 3.63) is 63.6 Å². The van der Waals surface area contributed by atoms with Gasteiger partial charge in [0, 0.05) is 12.1 Å². The molecule has 0 atom stereocenters. The number of hydrazone groups is 1. The van der Waals surface area contributed by atoms with Gasteiger partial charge in [-0.2, -0.15) is 9.41 Å². The van der Waals surface area contributed by atoms with Crippen molar-refractivity contribution in [2.75, 3.05) is 13.6 Å². The highest BCUT2D eigenvalue weighted by molar-refractivity contribution is 7.89. The topological polar surface area (TPSA) is 78.8 Å². The fraction of sp³-hybridized carbons (Fsp3) is 0.176. The van der Waals surface area contributed by atoms with Gasteiger partial charge in [0.05, 0.1) is 17.8 Å². The Morgan fingerprint density at radius 3 is 2.50 bits per heavy atom. The summed E-state index contributed by atoms with van der Waals surface area (Å²) in [6, 6.07) is 11.6. The second kappa shape index (κ2) is 8.64. The number of sulfonamides is 1. The molecule has 0 bridgehead atoms. The van der Waals surface area contributed by atoms with Gasteiger partial charge in [-0.05, 0) is 30.7 Å². The average Bonchev–Trinajstić information content (AvgIpc) is 2.58. The highest BCUT2D eigenvalue weighted by atomic mass is 35.5. The summed E-state index contributed by atoms with van der Waals surface area (Å²) in [5.74, 6) is -0.586. The largest absolute Gasteiger partial charge is 0.272 e. The molecule has 2 aromatic carbocycles. The van der Waals surface area contributed by atoms with Crippen LogP contribution < -0.4 is 5.43 Å². The average molecular weight is 414 g/mol. The maximum atomic E-state index is 12.5. The van der Waals surface area contributed by atoms with Crippen LogP contribution in [0.15, 0.2) is 52.5 Å². The Morgan fingerprint density at radius 2 is 1.85 bits per heavy atom. The van der Waals surface area contributed by atoms with Crippen molar-refractivity contribution in [3.8, 4) is 0 Å². The fourth-order valence-corrected chi connectivity index (χ4v) is 3.86. The highest BCUT2D eigenvalue weighted by Gasteiger charge is 2.25. The molecule has 1 N–H and O–H groups in total. The zero-order valence-electron chi connectivity index (χ0n) is 14.1. The van der Waals surface area contributed by atoms with Crippen molar-refractivity contribution >= 4 is 45.3 Å². The van der Waals surface area contributed by atoms with Gasteiger partial charge in [0.1, 0.15) is 4.90 Å². The predicted molar refractivity (Wildman–Crippen MR) is 103 cm³/mol. The predicted octanol–water partition coefficient (Wildman–Crippen LogP) is 3.07. The molecule has 0 radical (unpaired) electrons. The van der Waals surface area contributed by atoms with Crippen LogP contribution in [-0.4, -0.2) is 38.4 Å². The molecule has 6 nitrogen and oxygen atoms in total. The van der Waals surface area contributed by atoms with Gasteiger partial charge < -0.3 is 0 Å². The van der Waals surface area contributed by atoms with Gasteiger partial charge in [0.2, 0.25) is 10.0 Å². The van der Waals surface area contributed by atoms with Gasteiger partial charge in [-0.25, -0.2) is 13.8 Å². The summed E-state index contributed by atoms with van der Waals surface area (Å²) in [6.45, 7) is 1.54. The molecule has 0 aliphatic rings. The third kappa shape index (κ3) is 5.28. The zero-order valence-corrected chi connectivity index (χ0v) is 16.4. The van der Waals surface area contributed by atoms with Gasteiger partial charge in [-0.3, -0.25) is 4.79 Å². The number of carbonyl (C=O) groups is 1. The number of benzene rings is 2. The van der Waals surface area contributed by atoms with E-state index in [0.717, 1.165) is 15.4 Å². The van der Waals surface area contributed by atoms with E-state index in [-0.39, 0.29) is 14.9 Å². The molecular weight excluding hydrogens is 397 g/mol. The van der Waals surface area contributed by atoms with Crippen molar-refractivity contribution in [2.24, 2.45) is 5.10 Å². The van der Waals surface area contributed by atoms with Crippen LogP contribution in [0.4, 0.5) is 0 Å². The second-order valence-electron chi connectivity index (χ2n) is 5.54. The summed E-state index contributed by atoms with van der Waals surface area (Å²) >= 11 is 11.8. The highest BCUT2D eigenvalue weighted by Crippen LogP contribution is 2.27. The number of amides is 1. The first-order valence-electron chi connectivity index (χ1n) is 7.50. The minimum absolute atomic E-state index is 0.0269. The number of halogens is 2. The summed E-state index contributed by atoms with van der Waals surface area (Å²) in [4.78, 5) is 11.8. The van der Waals surface area contributed by atoms with E-state index >= 15 is 0 Å². The monoisotopic (exact) mass is 413 g/mol. The molecule has 0 unspecified atom stereocenters. The van der Waals surface area contributed by atoms with Crippen LogP contribution in [-0.2, 0) is 14.8 Å². The Hall–Kier alpha value is -1.93. The summed E-state index contributed by atoms with van der Waals surface area (Å²) < 4.78 is 25.9. The molecule has 0 saturated carbocycles. The molecule has 0 aromatic heterocycles. The molecule has 9 heteroatoms. The van der Waals surface area contributed by atoms with E-state index in [1.807, 2.05) is 31.2 Å². The van der Waals surface area contributed by atoms with Gasteiger partial charge in [0.25, 0.3) is 5.91 Å². The minimum Gasteiger partial charge on any atom is -0.272 e. The van der Waals surface area contributed by atoms with Gasteiger partial charge in [-0.1, -0.05) is 53.0 Å². The lowest BCUT2D eigenvalue weighted by Gasteiger charge is -2.17. The number of hydrogen-bond donors (Lipinski definition) is 1. The van der Waals surface area contributed by atoms with Crippen LogP contribution in [0.5, 0.6) is 0 Å². The Kier molecular flexibility index (Phi) is 6.77. The van der Waals surface area contributed by atoms with E-state index < -0.39 is 22.5 Å². The SMILES string of the molecule is Cc1ccc(/C=N\NC(=O)CN(C)S(=O)(=O)c2cc(Cl)ccc2Cl)cc1. The number of nitrogens with one attached hydrogen (secondary N) is 1. The molecule has 138 valence electrons. The van der Waals surface area contributed by atoms with Crippen LogP contribution >= 0.6 is 23.2 Å². The molecule has 0 fully saturated rings. The van der Waals surface area contributed by atoms with Crippen molar-refractivity contribution < 1.29 is 13.2 Å².